The van der Waals surface area contributed by atoms with Crippen molar-refractivity contribution in [3.05, 3.63) is 63.2 Å². The van der Waals surface area contributed by atoms with Gasteiger partial charge in [-0.25, -0.2) is 0 Å². The zero-order valence-corrected chi connectivity index (χ0v) is 13.5. The maximum atomic E-state index is 12.5. The van der Waals surface area contributed by atoms with Gasteiger partial charge in [-0.05, 0) is 59.0 Å². The van der Waals surface area contributed by atoms with Gasteiger partial charge in [-0.15, -0.1) is 0 Å². The standard InChI is InChI=1S/C15H14IN3O2/c1-19(15(20)10-6-8-11(16)9-7-10)13-5-3-2-4-12(13)14(17)18-21/h2-9,21H,1H3,(H2,17,18). The minimum absolute atomic E-state index is 0.0344. The van der Waals surface area contributed by atoms with Gasteiger partial charge in [0, 0.05) is 21.7 Å². The highest BCUT2D eigenvalue weighted by Crippen LogP contribution is 2.21. The maximum absolute atomic E-state index is 12.5. The van der Waals surface area contributed by atoms with Gasteiger partial charge in [-0.3, -0.25) is 4.79 Å². The minimum atomic E-state index is -0.162. The van der Waals surface area contributed by atoms with Gasteiger partial charge in [0.05, 0.1) is 5.69 Å². The largest absolute Gasteiger partial charge is 0.409 e. The van der Waals surface area contributed by atoms with Gasteiger partial charge in [0.15, 0.2) is 5.84 Å². The van der Waals surface area contributed by atoms with Crippen LogP contribution >= 0.6 is 22.6 Å². The predicted octanol–water partition coefficient (Wildman–Crippen LogP) is 2.66. The molecule has 6 heteroatoms. The summed E-state index contributed by atoms with van der Waals surface area (Å²) in [7, 11) is 1.66. The van der Waals surface area contributed by atoms with E-state index in [-0.39, 0.29) is 11.7 Å². The summed E-state index contributed by atoms with van der Waals surface area (Å²) in [5.41, 5.74) is 7.31. The van der Waals surface area contributed by atoms with Crippen LogP contribution in [0.3, 0.4) is 0 Å². The lowest BCUT2D eigenvalue weighted by atomic mass is 10.1. The number of nitrogens with two attached hydrogens (primary N) is 1. The Bertz CT molecular complexity index is 684. The summed E-state index contributed by atoms with van der Waals surface area (Å²) in [6.45, 7) is 0. The topological polar surface area (TPSA) is 78.9 Å². The zero-order chi connectivity index (χ0) is 15.4. The fourth-order valence-electron chi connectivity index (χ4n) is 1.93. The Morgan fingerprint density at radius 1 is 1.19 bits per heavy atom. The van der Waals surface area contributed by atoms with Crippen LogP contribution in [-0.4, -0.2) is 24.0 Å². The second-order valence-electron chi connectivity index (χ2n) is 4.37. The summed E-state index contributed by atoms with van der Waals surface area (Å²) in [6, 6.07) is 14.3. The summed E-state index contributed by atoms with van der Waals surface area (Å²) < 4.78 is 1.06. The van der Waals surface area contributed by atoms with Gasteiger partial charge in [0.2, 0.25) is 0 Å². The SMILES string of the molecule is CN(C(=O)c1ccc(I)cc1)c1ccccc1/C(N)=N/O. The quantitative estimate of drug-likeness (QED) is 0.276. The first-order valence-electron chi connectivity index (χ1n) is 6.15. The van der Waals surface area contributed by atoms with Gasteiger partial charge in [-0.2, -0.15) is 0 Å². The number of halogens is 1. The molecular weight excluding hydrogens is 381 g/mol. The average Bonchev–Trinajstić information content (AvgIpc) is 2.53. The molecule has 2 aromatic carbocycles. The number of benzene rings is 2. The molecule has 108 valence electrons. The normalized spacial score (nSPS) is 11.2. The van der Waals surface area contributed by atoms with E-state index in [1.807, 2.05) is 12.1 Å². The lowest BCUT2D eigenvalue weighted by molar-refractivity contribution is 0.0993. The number of rotatable bonds is 3. The van der Waals surface area contributed by atoms with E-state index in [1.54, 1.807) is 43.4 Å². The Balaban J connectivity index is 2.38. The van der Waals surface area contributed by atoms with Crippen molar-refractivity contribution in [3.8, 4) is 0 Å². The monoisotopic (exact) mass is 395 g/mol. The van der Waals surface area contributed by atoms with Crippen molar-refractivity contribution in [2.45, 2.75) is 0 Å². The molecule has 0 bridgehead atoms. The van der Waals surface area contributed by atoms with Crippen LogP contribution in [0.5, 0.6) is 0 Å². The average molecular weight is 395 g/mol. The first-order chi connectivity index (χ1) is 10.0. The molecule has 0 aliphatic carbocycles. The number of carbonyl (C=O) groups excluding carboxylic acids is 1. The number of oxime groups is 1. The number of hydrogen-bond acceptors (Lipinski definition) is 3. The molecule has 0 saturated carbocycles. The highest BCUT2D eigenvalue weighted by Gasteiger charge is 2.17. The van der Waals surface area contributed by atoms with Crippen molar-refractivity contribution >= 4 is 40.0 Å². The van der Waals surface area contributed by atoms with Gasteiger partial charge >= 0.3 is 0 Å². The van der Waals surface area contributed by atoms with Crippen LogP contribution in [0.2, 0.25) is 0 Å². The predicted molar refractivity (Wildman–Crippen MR) is 90.8 cm³/mol. The Labute approximate surface area is 136 Å². The molecular formula is C15H14IN3O2. The second kappa shape index (κ2) is 6.57. The molecule has 2 aromatic rings. The lowest BCUT2D eigenvalue weighted by Gasteiger charge is -2.20. The number of para-hydroxylation sites is 1. The third-order valence-corrected chi connectivity index (χ3v) is 3.76. The highest BCUT2D eigenvalue weighted by atomic mass is 127. The number of amidine groups is 1. The van der Waals surface area contributed by atoms with Crippen molar-refractivity contribution in [1.29, 1.82) is 0 Å². The van der Waals surface area contributed by atoms with E-state index in [9.17, 15) is 4.79 Å². The molecule has 0 fully saturated rings. The van der Waals surface area contributed by atoms with Gasteiger partial charge < -0.3 is 15.8 Å². The first kappa shape index (κ1) is 15.3. The number of carbonyl (C=O) groups is 1. The molecule has 1 amide bonds. The molecule has 0 unspecified atom stereocenters. The molecule has 0 atom stereocenters. The number of anilines is 1. The number of nitrogens with zero attached hydrogens (tertiary/aromatic N) is 2. The summed E-state index contributed by atoms with van der Waals surface area (Å²) in [5.74, 6) is -0.197. The Morgan fingerprint density at radius 2 is 1.81 bits per heavy atom. The van der Waals surface area contributed by atoms with Gasteiger partial charge in [0.25, 0.3) is 5.91 Å². The van der Waals surface area contributed by atoms with Crippen LogP contribution < -0.4 is 10.6 Å². The van der Waals surface area contributed by atoms with Gasteiger partial charge in [-0.1, -0.05) is 17.3 Å². The Kier molecular flexibility index (Phi) is 4.79. The number of amides is 1. The molecule has 2 rings (SSSR count). The van der Waals surface area contributed by atoms with Crippen LogP contribution in [0.1, 0.15) is 15.9 Å². The molecule has 3 N–H and O–H groups in total. The molecule has 21 heavy (non-hydrogen) atoms. The van der Waals surface area contributed by atoms with E-state index in [0.29, 0.717) is 16.8 Å². The highest BCUT2D eigenvalue weighted by molar-refractivity contribution is 14.1. The van der Waals surface area contributed by atoms with E-state index >= 15 is 0 Å². The molecule has 0 aromatic heterocycles. The van der Waals surface area contributed by atoms with Crippen molar-refractivity contribution in [1.82, 2.24) is 0 Å². The fraction of sp³-hybridized carbons (Fsp3) is 0.0667. The molecule has 0 radical (unpaired) electrons. The van der Waals surface area contributed by atoms with Gasteiger partial charge in [0.1, 0.15) is 0 Å². The second-order valence-corrected chi connectivity index (χ2v) is 5.62. The van der Waals surface area contributed by atoms with Crippen molar-refractivity contribution < 1.29 is 10.0 Å². The minimum Gasteiger partial charge on any atom is -0.409 e. The molecule has 0 spiro atoms. The lowest BCUT2D eigenvalue weighted by Crippen LogP contribution is -2.29. The summed E-state index contributed by atoms with van der Waals surface area (Å²) >= 11 is 2.18. The molecule has 0 saturated heterocycles. The summed E-state index contributed by atoms with van der Waals surface area (Å²) in [6.07, 6.45) is 0. The van der Waals surface area contributed by atoms with E-state index < -0.39 is 0 Å². The van der Waals surface area contributed by atoms with Crippen LogP contribution in [0, 0.1) is 3.57 Å². The van der Waals surface area contributed by atoms with Crippen molar-refractivity contribution in [2.75, 3.05) is 11.9 Å². The summed E-state index contributed by atoms with van der Waals surface area (Å²) in [4.78, 5) is 14.0. The van der Waals surface area contributed by atoms with Crippen LogP contribution in [0.15, 0.2) is 53.7 Å². The van der Waals surface area contributed by atoms with Crippen molar-refractivity contribution in [3.63, 3.8) is 0 Å². The van der Waals surface area contributed by atoms with Crippen LogP contribution in [-0.2, 0) is 0 Å². The zero-order valence-electron chi connectivity index (χ0n) is 11.3. The third-order valence-electron chi connectivity index (χ3n) is 3.04. The third kappa shape index (κ3) is 3.33. The fourth-order valence-corrected chi connectivity index (χ4v) is 2.29. The van der Waals surface area contributed by atoms with Crippen molar-refractivity contribution in [2.24, 2.45) is 10.9 Å². The Morgan fingerprint density at radius 3 is 2.43 bits per heavy atom. The molecule has 0 aliphatic heterocycles. The summed E-state index contributed by atoms with van der Waals surface area (Å²) in [5, 5.41) is 11.8. The smallest absolute Gasteiger partial charge is 0.258 e. The van der Waals surface area contributed by atoms with Crippen LogP contribution in [0.4, 0.5) is 5.69 Å². The van der Waals surface area contributed by atoms with E-state index in [0.717, 1.165) is 3.57 Å². The number of hydrogen-bond donors (Lipinski definition) is 2. The Hall–Kier alpha value is -2.09. The van der Waals surface area contributed by atoms with Crippen LogP contribution in [0.25, 0.3) is 0 Å². The molecule has 5 nitrogen and oxygen atoms in total. The van der Waals surface area contributed by atoms with E-state index in [2.05, 4.69) is 27.7 Å². The molecule has 0 heterocycles. The maximum Gasteiger partial charge on any atom is 0.258 e. The first-order valence-corrected chi connectivity index (χ1v) is 7.23. The van der Waals surface area contributed by atoms with E-state index in [1.165, 1.54) is 4.90 Å². The van der Waals surface area contributed by atoms with E-state index in [4.69, 9.17) is 10.9 Å². The molecule has 0 aliphatic rings.